The maximum Gasteiger partial charge on any atom is 0.416 e. The molecule has 150 valence electrons. The minimum atomic E-state index is -4.44. The predicted molar refractivity (Wildman–Crippen MR) is 94.9 cm³/mol. The topological polar surface area (TPSA) is 63.9 Å². The Bertz CT molecular complexity index is 850. The first kappa shape index (κ1) is 18.9. The molecule has 2 heterocycles. The van der Waals surface area contributed by atoms with Crippen molar-refractivity contribution in [1.29, 1.82) is 0 Å². The first-order valence-electron chi connectivity index (χ1n) is 9.63. The van der Waals surface area contributed by atoms with Gasteiger partial charge in [-0.05, 0) is 42.0 Å². The molecule has 0 radical (unpaired) electrons. The van der Waals surface area contributed by atoms with Crippen molar-refractivity contribution in [1.82, 2.24) is 25.1 Å². The van der Waals surface area contributed by atoms with Crippen molar-refractivity contribution in [3.8, 4) is 11.4 Å². The van der Waals surface area contributed by atoms with Crippen molar-refractivity contribution in [3.05, 3.63) is 29.8 Å². The lowest BCUT2D eigenvalue weighted by atomic mass is 9.75. The van der Waals surface area contributed by atoms with Crippen LogP contribution in [0.2, 0.25) is 0 Å². The molecule has 28 heavy (non-hydrogen) atoms. The number of rotatable bonds is 3. The van der Waals surface area contributed by atoms with Crippen molar-refractivity contribution in [2.75, 3.05) is 13.1 Å². The lowest BCUT2D eigenvalue weighted by Gasteiger charge is -2.41. The zero-order valence-corrected chi connectivity index (χ0v) is 15.4. The molecule has 2 fully saturated rings. The number of carbonyl (C=O) groups is 1. The van der Waals surface area contributed by atoms with E-state index in [2.05, 4.69) is 15.4 Å². The molecule has 1 aromatic carbocycles. The number of tetrazole rings is 1. The molecule has 2 aliphatic rings. The second-order valence-corrected chi connectivity index (χ2v) is 7.66. The van der Waals surface area contributed by atoms with E-state index in [0.29, 0.717) is 5.92 Å². The predicted octanol–water partition coefficient (Wildman–Crippen LogP) is 3.40. The molecule has 2 atom stereocenters. The van der Waals surface area contributed by atoms with E-state index in [1.807, 2.05) is 4.90 Å². The van der Waals surface area contributed by atoms with E-state index in [1.165, 1.54) is 37.8 Å². The normalized spacial score (nSPS) is 22.8. The Morgan fingerprint density at radius 1 is 1.14 bits per heavy atom. The number of carbonyl (C=O) groups excluding carboxylic acids is 1. The standard InChI is InChI=1S/C19H22F3N5O/c20-19(21,22)16-7-3-6-14(10-16)18-23-25-27(24-18)12-17(28)26-9-8-13-4-1-2-5-15(13)11-26/h3,6-7,10,13,15H,1-2,4-5,8-9,11-12H2. The summed E-state index contributed by atoms with van der Waals surface area (Å²) in [5.74, 6) is 1.31. The highest BCUT2D eigenvalue weighted by molar-refractivity contribution is 5.76. The molecule has 1 saturated heterocycles. The molecule has 2 aromatic rings. The number of nitrogens with zero attached hydrogens (tertiary/aromatic N) is 5. The first-order valence-corrected chi connectivity index (χ1v) is 9.63. The second kappa shape index (κ2) is 7.52. The summed E-state index contributed by atoms with van der Waals surface area (Å²) < 4.78 is 38.6. The number of halogens is 3. The van der Waals surface area contributed by atoms with Crippen LogP contribution in [-0.2, 0) is 17.5 Å². The Labute approximate surface area is 160 Å². The van der Waals surface area contributed by atoms with Crippen molar-refractivity contribution in [3.63, 3.8) is 0 Å². The van der Waals surface area contributed by atoms with Gasteiger partial charge in [-0.2, -0.15) is 18.0 Å². The van der Waals surface area contributed by atoms with Gasteiger partial charge in [-0.25, -0.2) is 0 Å². The maximum atomic E-state index is 12.9. The van der Waals surface area contributed by atoms with Crippen LogP contribution in [0, 0.1) is 11.8 Å². The third kappa shape index (κ3) is 4.02. The number of alkyl halides is 3. The smallest absolute Gasteiger partial charge is 0.341 e. The van der Waals surface area contributed by atoms with Crippen LogP contribution in [0.4, 0.5) is 13.2 Å². The minimum absolute atomic E-state index is 0.0522. The molecule has 1 amide bonds. The van der Waals surface area contributed by atoms with Crippen LogP contribution < -0.4 is 0 Å². The summed E-state index contributed by atoms with van der Waals surface area (Å²) in [7, 11) is 0. The molecular weight excluding hydrogens is 371 g/mol. The Kier molecular flexibility index (Phi) is 5.07. The number of fused-ring (bicyclic) bond motifs is 1. The minimum Gasteiger partial charge on any atom is -0.341 e. The number of amides is 1. The van der Waals surface area contributed by atoms with Gasteiger partial charge in [0.1, 0.15) is 6.54 Å². The van der Waals surface area contributed by atoms with Crippen LogP contribution in [0.5, 0.6) is 0 Å². The van der Waals surface area contributed by atoms with Gasteiger partial charge in [0.05, 0.1) is 5.56 Å². The summed E-state index contributed by atoms with van der Waals surface area (Å²) in [5.41, 5.74) is -0.552. The summed E-state index contributed by atoms with van der Waals surface area (Å²) >= 11 is 0. The molecule has 1 aromatic heterocycles. The largest absolute Gasteiger partial charge is 0.416 e. The Morgan fingerprint density at radius 2 is 1.93 bits per heavy atom. The average molecular weight is 393 g/mol. The van der Waals surface area contributed by atoms with Crippen molar-refractivity contribution < 1.29 is 18.0 Å². The number of benzene rings is 1. The molecule has 0 spiro atoms. The summed E-state index contributed by atoms with van der Waals surface area (Å²) in [6, 6.07) is 4.77. The molecular formula is C19H22F3N5O. The van der Waals surface area contributed by atoms with Crippen LogP contribution in [0.3, 0.4) is 0 Å². The number of piperidine rings is 1. The quantitative estimate of drug-likeness (QED) is 0.802. The van der Waals surface area contributed by atoms with Crippen molar-refractivity contribution in [2.45, 2.75) is 44.8 Å². The van der Waals surface area contributed by atoms with Gasteiger partial charge < -0.3 is 4.90 Å². The molecule has 1 aliphatic heterocycles. The lowest BCUT2D eigenvalue weighted by molar-refractivity contribution is -0.137. The third-order valence-electron chi connectivity index (χ3n) is 5.82. The van der Waals surface area contributed by atoms with Crippen molar-refractivity contribution >= 4 is 5.91 Å². The summed E-state index contributed by atoms with van der Waals surface area (Å²) in [6.45, 7) is 1.47. The van der Waals surface area contributed by atoms with E-state index in [9.17, 15) is 18.0 Å². The van der Waals surface area contributed by atoms with E-state index < -0.39 is 11.7 Å². The highest BCUT2D eigenvalue weighted by Crippen LogP contribution is 2.36. The summed E-state index contributed by atoms with van der Waals surface area (Å²) in [5, 5.41) is 11.8. The molecule has 0 N–H and O–H groups in total. The molecule has 1 aliphatic carbocycles. The fourth-order valence-electron chi connectivity index (χ4n) is 4.31. The van der Waals surface area contributed by atoms with Gasteiger partial charge in [0.2, 0.25) is 11.7 Å². The Morgan fingerprint density at radius 3 is 2.71 bits per heavy atom. The number of hydrogen-bond acceptors (Lipinski definition) is 4. The van der Waals surface area contributed by atoms with E-state index in [4.69, 9.17) is 0 Å². The van der Waals surface area contributed by atoms with E-state index in [-0.39, 0.29) is 23.8 Å². The van der Waals surface area contributed by atoms with E-state index in [0.717, 1.165) is 42.4 Å². The van der Waals surface area contributed by atoms with Gasteiger partial charge in [0, 0.05) is 18.7 Å². The fraction of sp³-hybridized carbons (Fsp3) is 0.579. The zero-order valence-electron chi connectivity index (χ0n) is 15.4. The molecule has 4 rings (SSSR count). The molecule has 1 saturated carbocycles. The molecule has 6 nitrogen and oxygen atoms in total. The monoisotopic (exact) mass is 393 g/mol. The maximum absolute atomic E-state index is 12.9. The van der Waals surface area contributed by atoms with Crippen LogP contribution in [0.25, 0.3) is 11.4 Å². The number of hydrogen-bond donors (Lipinski definition) is 0. The highest BCUT2D eigenvalue weighted by atomic mass is 19.4. The molecule has 2 unspecified atom stereocenters. The Hall–Kier alpha value is -2.45. The van der Waals surface area contributed by atoms with Gasteiger partial charge in [0.15, 0.2) is 0 Å². The van der Waals surface area contributed by atoms with Gasteiger partial charge in [0.25, 0.3) is 0 Å². The van der Waals surface area contributed by atoms with Crippen LogP contribution in [-0.4, -0.2) is 44.1 Å². The molecule has 9 heteroatoms. The van der Waals surface area contributed by atoms with Gasteiger partial charge in [-0.3, -0.25) is 4.79 Å². The number of likely N-dealkylation sites (tertiary alicyclic amines) is 1. The first-order chi connectivity index (χ1) is 13.4. The fourth-order valence-corrected chi connectivity index (χ4v) is 4.31. The van der Waals surface area contributed by atoms with Gasteiger partial charge in [-0.1, -0.05) is 31.4 Å². The van der Waals surface area contributed by atoms with E-state index in [1.54, 1.807) is 0 Å². The molecule has 0 bridgehead atoms. The van der Waals surface area contributed by atoms with Crippen LogP contribution >= 0.6 is 0 Å². The highest BCUT2D eigenvalue weighted by Gasteiger charge is 2.33. The zero-order chi connectivity index (χ0) is 19.7. The SMILES string of the molecule is O=C(Cn1nnc(-c2cccc(C(F)(F)F)c2)n1)N1CCC2CCCCC2C1. The van der Waals surface area contributed by atoms with Gasteiger partial charge >= 0.3 is 6.18 Å². The average Bonchev–Trinajstić information content (AvgIpc) is 3.15. The number of aromatic nitrogens is 4. The van der Waals surface area contributed by atoms with Crippen molar-refractivity contribution in [2.24, 2.45) is 11.8 Å². The van der Waals surface area contributed by atoms with Gasteiger partial charge in [-0.15, -0.1) is 10.2 Å². The third-order valence-corrected chi connectivity index (χ3v) is 5.82. The van der Waals surface area contributed by atoms with Crippen LogP contribution in [0.1, 0.15) is 37.7 Å². The second-order valence-electron chi connectivity index (χ2n) is 7.66. The van der Waals surface area contributed by atoms with Crippen LogP contribution in [0.15, 0.2) is 24.3 Å². The lowest BCUT2D eigenvalue weighted by Crippen LogP contribution is -2.46. The van der Waals surface area contributed by atoms with E-state index >= 15 is 0 Å². The summed E-state index contributed by atoms with van der Waals surface area (Å²) in [6.07, 6.45) is 1.56. The Balaban J connectivity index is 1.42. The summed E-state index contributed by atoms with van der Waals surface area (Å²) in [4.78, 5) is 15.6.